The minimum atomic E-state index is -1.77. The van der Waals surface area contributed by atoms with Gasteiger partial charge in [0.25, 0.3) is 0 Å². The second-order valence-corrected chi connectivity index (χ2v) is 4.73. The van der Waals surface area contributed by atoms with E-state index in [-0.39, 0.29) is 5.56 Å². The molecule has 0 bridgehead atoms. The van der Waals surface area contributed by atoms with Crippen LogP contribution in [0.25, 0.3) is 0 Å². The molecule has 0 aliphatic rings. The van der Waals surface area contributed by atoms with Gasteiger partial charge in [0.1, 0.15) is 22.8 Å². The summed E-state index contributed by atoms with van der Waals surface area (Å²) in [6.07, 6.45) is -1.77. The van der Waals surface area contributed by atoms with Crippen molar-refractivity contribution >= 4 is 11.9 Å². The summed E-state index contributed by atoms with van der Waals surface area (Å²) in [5.41, 5.74) is -0.834. The highest BCUT2D eigenvalue weighted by Gasteiger charge is 2.27. The molecular weight excluding hydrogens is 324 g/mol. The molecule has 0 saturated heterocycles. The van der Waals surface area contributed by atoms with E-state index in [1.165, 1.54) is 0 Å². The molecule has 0 aromatic heterocycles. The Morgan fingerprint density at radius 3 is 2.08 bits per heavy atom. The quantitative estimate of drug-likeness (QED) is 0.443. The maximum Gasteiger partial charge on any atom is 0.349 e. The van der Waals surface area contributed by atoms with Crippen LogP contribution in [0.5, 0.6) is 28.7 Å². The van der Waals surface area contributed by atoms with E-state index in [9.17, 15) is 35.1 Å². The third kappa shape index (κ3) is 3.24. The fourth-order valence-corrected chi connectivity index (χ4v) is 1.99. The molecule has 2 aromatic rings. The first kappa shape index (κ1) is 16.7. The first-order valence-corrected chi connectivity index (χ1v) is 6.41. The lowest BCUT2D eigenvalue weighted by Crippen LogP contribution is -2.19. The van der Waals surface area contributed by atoms with Gasteiger partial charge in [-0.05, 0) is 12.1 Å². The Morgan fingerprint density at radius 2 is 1.54 bits per heavy atom. The zero-order valence-electron chi connectivity index (χ0n) is 11.9. The predicted molar refractivity (Wildman–Crippen MR) is 77.5 cm³/mol. The number of carboxylic acid groups (broad SMARTS) is 2. The number of aliphatic carboxylic acids is 1. The van der Waals surface area contributed by atoms with Crippen LogP contribution in [0.2, 0.25) is 0 Å². The average Bonchev–Trinajstić information content (AvgIpc) is 2.46. The lowest BCUT2D eigenvalue weighted by Gasteiger charge is -2.18. The number of benzene rings is 2. The lowest BCUT2D eigenvalue weighted by molar-refractivity contribution is -0.145. The molecule has 0 spiro atoms. The van der Waals surface area contributed by atoms with Gasteiger partial charge in [-0.15, -0.1) is 0 Å². The number of phenols is 4. The van der Waals surface area contributed by atoms with Crippen molar-refractivity contribution in [3.63, 3.8) is 0 Å². The van der Waals surface area contributed by atoms with Crippen LogP contribution in [0, 0.1) is 0 Å². The van der Waals surface area contributed by atoms with Gasteiger partial charge in [-0.2, -0.15) is 0 Å². The molecule has 0 heterocycles. The van der Waals surface area contributed by atoms with Gasteiger partial charge in [-0.25, -0.2) is 9.59 Å². The van der Waals surface area contributed by atoms with Crippen LogP contribution in [0.4, 0.5) is 0 Å². The zero-order chi connectivity index (χ0) is 18.0. The lowest BCUT2D eigenvalue weighted by atomic mass is 10.1. The van der Waals surface area contributed by atoms with Crippen LogP contribution in [-0.2, 0) is 4.79 Å². The largest absolute Gasteiger partial charge is 0.508 e. The normalized spacial score (nSPS) is 11.7. The van der Waals surface area contributed by atoms with Crippen molar-refractivity contribution in [2.75, 3.05) is 0 Å². The van der Waals surface area contributed by atoms with Crippen LogP contribution in [0.1, 0.15) is 22.0 Å². The fourth-order valence-electron chi connectivity index (χ4n) is 1.99. The zero-order valence-corrected chi connectivity index (χ0v) is 11.9. The molecule has 1 atom stereocenters. The molecule has 0 saturated carbocycles. The molecule has 2 rings (SSSR count). The minimum Gasteiger partial charge on any atom is -0.508 e. The smallest absolute Gasteiger partial charge is 0.349 e. The van der Waals surface area contributed by atoms with E-state index in [1.807, 2.05) is 0 Å². The van der Waals surface area contributed by atoms with Crippen LogP contribution in [-0.4, -0.2) is 42.6 Å². The first-order chi connectivity index (χ1) is 11.2. The number of aromatic hydroxyl groups is 4. The summed E-state index contributed by atoms with van der Waals surface area (Å²) in [5.74, 6) is -6.14. The summed E-state index contributed by atoms with van der Waals surface area (Å²) < 4.78 is 5.12. The van der Waals surface area contributed by atoms with Crippen LogP contribution in [0.15, 0.2) is 30.3 Å². The van der Waals surface area contributed by atoms with Crippen LogP contribution in [0.3, 0.4) is 0 Å². The van der Waals surface area contributed by atoms with Crippen LogP contribution >= 0.6 is 0 Å². The van der Waals surface area contributed by atoms with Gasteiger partial charge in [0.15, 0.2) is 11.5 Å². The summed E-state index contributed by atoms with van der Waals surface area (Å²) in [6.45, 7) is 0. The second kappa shape index (κ2) is 6.24. The fraction of sp³-hybridized carbons (Fsp3) is 0.0667. The topological polar surface area (TPSA) is 165 Å². The van der Waals surface area contributed by atoms with Gasteiger partial charge in [0.2, 0.25) is 6.10 Å². The summed E-state index contributed by atoms with van der Waals surface area (Å²) in [7, 11) is 0. The molecule has 0 amide bonds. The number of rotatable bonds is 5. The number of hydrogen-bond acceptors (Lipinski definition) is 7. The summed E-state index contributed by atoms with van der Waals surface area (Å²) >= 11 is 0. The standard InChI is InChI=1S/C15H12O9/c16-7-4-10(19)12(14(20)21)11(5-7)24-13(15(22)23)6-1-2-8(17)9(18)3-6/h1-5,13,16-19H,(H,20,21)(H,22,23). The minimum absolute atomic E-state index is 0.100. The molecule has 2 aromatic carbocycles. The van der Waals surface area contributed by atoms with E-state index in [4.69, 9.17) is 9.84 Å². The molecule has 0 aliphatic carbocycles. The highest BCUT2D eigenvalue weighted by atomic mass is 16.5. The van der Waals surface area contributed by atoms with E-state index >= 15 is 0 Å². The van der Waals surface area contributed by atoms with Gasteiger partial charge >= 0.3 is 11.9 Å². The second-order valence-electron chi connectivity index (χ2n) is 4.73. The monoisotopic (exact) mass is 336 g/mol. The third-order valence-electron chi connectivity index (χ3n) is 3.05. The van der Waals surface area contributed by atoms with Gasteiger partial charge in [0.05, 0.1) is 0 Å². The molecule has 9 nitrogen and oxygen atoms in total. The van der Waals surface area contributed by atoms with Crippen molar-refractivity contribution in [1.29, 1.82) is 0 Å². The molecule has 0 aliphatic heterocycles. The van der Waals surface area contributed by atoms with Crippen molar-refractivity contribution in [2.24, 2.45) is 0 Å². The molecule has 1 unspecified atom stereocenters. The molecular formula is C15H12O9. The number of phenolic OH excluding ortho intramolecular Hbond substituents is 3. The Labute approximate surface area is 134 Å². The van der Waals surface area contributed by atoms with Gasteiger partial charge in [-0.1, -0.05) is 6.07 Å². The van der Waals surface area contributed by atoms with Crippen LogP contribution < -0.4 is 4.74 Å². The average molecular weight is 336 g/mol. The molecule has 0 fully saturated rings. The summed E-state index contributed by atoms with van der Waals surface area (Å²) in [5, 5.41) is 56.1. The van der Waals surface area contributed by atoms with E-state index < -0.39 is 52.4 Å². The Bertz CT molecular complexity index is 813. The molecule has 6 N–H and O–H groups in total. The number of carbonyl (C=O) groups is 2. The molecule has 0 radical (unpaired) electrons. The maximum absolute atomic E-state index is 11.4. The predicted octanol–water partition coefficient (Wildman–Crippen LogP) is 1.41. The Kier molecular flexibility index (Phi) is 4.36. The molecule has 126 valence electrons. The molecule has 24 heavy (non-hydrogen) atoms. The summed E-state index contributed by atoms with van der Waals surface area (Å²) in [6, 6.07) is 4.70. The van der Waals surface area contributed by atoms with Crippen molar-refractivity contribution in [1.82, 2.24) is 0 Å². The van der Waals surface area contributed by atoms with E-state index in [2.05, 4.69) is 0 Å². The maximum atomic E-state index is 11.4. The van der Waals surface area contributed by atoms with Crippen molar-refractivity contribution < 1.29 is 45.0 Å². The third-order valence-corrected chi connectivity index (χ3v) is 3.05. The van der Waals surface area contributed by atoms with Gasteiger partial charge < -0.3 is 35.4 Å². The Morgan fingerprint density at radius 1 is 0.875 bits per heavy atom. The Balaban J connectivity index is 2.51. The van der Waals surface area contributed by atoms with E-state index in [1.54, 1.807) is 0 Å². The number of aromatic carboxylic acids is 1. The van der Waals surface area contributed by atoms with E-state index in [0.717, 1.165) is 30.3 Å². The van der Waals surface area contributed by atoms with Gasteiger partial charge in [-0.3, -0.25) is 0 Å². The number of carboxylic acids is 2. The SMILES string of the molecule is O=C(O)c1c(O)cc(O)cc1OC(C(=O)O)c1ccc(O)c(O)c1. The highest BCUT2D eigenvalue weighted by Crippen LogP contribution is 2.36. The summed E-state index contributed by atoms with van der Waals surface area (Å²) in [4.78, 5) is 22.6. The van der Waals surface area contributed by atoms with Gasteiger partial charge in [0, 0.05) is 17.7 Å². The van der Waals surface area contributed by atoms with E-state index in [0.29, 0.717) is 0 Å². The number of ether oxygens (including phenoxy) is 1. The van der Waals surface area contributed by atoms with Crippen molar-refractivity contribution in [2.45, 2.75) is 6.10 Å². The van der Waals surface area contributed by atoms with Crippen molar-refractivity contribution in [3.05, 3.63) is 41.5 Å². The number of hydrogen-bond donors (Lipinski definition) is 6. The Hall–Kier alpha value is -3.62. The first-order valence-electron chi connectivity index (χ1n) is 6.41. The molecule has 9 heteroatoms. The van der Waals surface area contributed by atoms with Crippen molar-refractivity contribution in [3.8, 4) is 28.7 Å². The highest BCUT2D eigenvalue weighted by molar-refractivity contribution is 5.94.